The number of benzene rings is 1. The highest BCUT2D eigenvalue weighted by Gasteiger charge is 2.37. The molecule has 0 saturated carbocycles. The van der Waals surface area contributed by atoms with E-state index in [1.807, 2.05) is 24.4 Å². The van der Waals surface area contributed by atoms with Gasteiger partial charge in [-0.25, -0.2) is 4.98 Å². The second-order valence-corrected chi connectivity index (χ2v) is 7.17. The first-order valence-corrected chi connectivity index (χ1v) is 9.15. The van der Waals surface area contributed by atoms with Crippen molar-refractivity contribution in [1.82, 2.24) is 19.8 Å². The fourth-order valence-electron chi connectivity index (χ4n) is 3.60. The fraction of sp³-hybridized carbons (Fsp3) is 0.500. The van der Waals surface area contributed by atoms with Crippen molar-refractivity contribution in [1.29, 1.82) is 0 Å². The average Bonchev–Trinajstić information content (AvgIpc) is 3.07. The topological polar surface area (TPSA) is 50.2 Å². The number of piperidine rings is 1. The standard InChI is InChI=1S/C20H28N4O/c1-3-23-12-7-10-20(2,16-23)19(25)22-14-18-21-11-13-24(18)15-17-8-5-4-6-9-17/h4-6,8-9,11,13H,3,7,10,12,14-16H2,1-2H3,(H,22,25)/t20-/m0/s1. The highest BCUT2D eigenvalue weighted by atomic mass is 16.2. The Labute approximate surface area is 150 Å². The predicted molar refractivity (Wildman–Crippen MR) is 99.1 cm³/mol. The number of imidazole rings is 1. The third-order valence-corrected chi connectivity index (χ3v) is 5.18. The number of aromatic nitrogens is 2. The van der Waals surface area contributed by atoms with Crippen molar-refractivity contribution in [3.8, 4) is 0 Å². The van der Waals surface area contributed by atoms with E-state index >= 15 is 0 Å². The third-order valence-electron chi connectivity index (χ3n) is 5.18. The molecule has 0 radical (unpaired) electrons. The van der Waals surface area contributed by atoms with Crippen molar-refractivity contribution >= 4 is 5.91 Å². The smallest absolute Gasteiger partial charge is 0.227 e. The summed E-state index contributed by atoms with van der Waals surface area (Å²) in [5.74, 6) is 1.03. The van der Waals surface area contributed by atoms with Crippen molar-refractivity contribution < 1.29 is 4.79 Å². The van der Waals surface area contributed by atoms with Gasteiger partial charge < -0.3 is 14.8 Å². The van der Waals surface area contributed by atoms with Crippen LogP contribution in [0.1, 0.15) is 38.1 Å². The minimum atomic E-state index is -0.300. The van der Waals surface area contributed by atoms with Crippen LogP contribution in [-0.2, 0) is 17.9 Å². The van der Waals surface area contributed by atoms with E-state index in [1.54, 1.807) is 6.20 Å². The highest BCUT2D eigenvalue weighted by molar-refractivity contribution is 5.82. The van der Waals surface area contributed by atoms with Crippen LogP contribution in [-0.4, -0.2) is 40.0 Å². The van der Waals surface area contributed by atoms with Crippen molar-refractivity contribution in [2.45, 2.75) is 39.8 Å². The summed E-state index contributed by atoms with van der Waals surface area (Å²) in [4.78, 5) is 19.6. The zero-order chi connectivity index (χ0) is 17.7. The van der Waals surface area contributed by atoms with Gasteiger partial charge in [-0.15, -0.1) is 0 Å². The Kier molecular flexibility index (Phi) is 5.53. The number of hydrogen-bond acceptors (Lipinski definition) is 3. The van der Waals surface area contributed by atoms with Crippen LogP contribution in [0.3, 0.4) is 0 Å². The second kappa shape index (κ2) is 7.83. The summed E-state index contributed by atoms with van der Waals surface area (Å²) >= 11 is 0. The molecule has 134 valence electrons. The van der Waals surface area contributed by atoms with E-state index in [-0.39, 0.29) is 11.3 Å². The molecule has 2 aromatic rings. The molecule has 1 aliphatic heterocycles. The molecule has 1 fully saturated rings. The summed E-state index contributed by atoms with van der Waals surface area (Å²) in [6, 6.07) is 10.3. The molecule has 0 aliphatic carbocycles. The molecule has 1 aromatic heterocycles. The Hall–Kier alpha value is -2.14. The number of likely N-dealkylation sites (tertiary alicyclic amines) is 1. The van der Waals surface area contributed by atoms with Crippen LogP contribution in [0, 0.1) is 5.41 Å². The number of amides is 1. The summed E-state index contributed by atoms with van der Waals surface area (Å²) in [7, 11) is 0. The molecule has 1 amide bonds. The lowest BCUT2D eigenvalue weighted by molar-refractivity contribution is -0.133. The van der Waals surface area contributed by atoms with E-state index in [0.29, 0.717) is 6.54 Å². The molecule has 0 spiro atoms. The first kappa shape index (κ1) is 17.7. The predicted octanol–water partition coefficient (Wildman–Crippen LogP) is 2.67. The molecule has 2 heterocycles. The zero-order valence-corrected chi connectivity index (χ0v) is 15.2. The SMILES string of the molecule is CCN1CCC[C@](C)(C(=O)NCc2nccn2Cc2ccccc2)C1. The lowest BCUT2D eigenvalue weighted by Crippen LogP contribution is -2.50. The Morgan fingerprint density at radius 3 is 2.88 bits per heavy atom. The van der Waals surface area contributed by atoms with Crippen LogP contribution < -0.4 is 5.32 Å². The first-order chi connectivity index (χ1) is 12.1. The van der Waals surface area contributed by atoms with Gasteiger partial charge in [0.05, 0.1) is 12.0 Å². The molecule has 25 heavy (non-hydrogen) atoms. The van der Waals surface area contributed by atoms with Crippen molar-refractivity contribution in [2.75, 3.05) is 19.6 Å². The quantitative estimate of drug-likeness (QED) is 0.879. The molecule has 1 aromatic carbocycles. The van der Waals surface area contributed by atoms with E-state index in [0.717, 1.165) is 44.8 Å². The van der Waals surface area contributed by atoms with Crippen LogP contribution in [0.15, 0.2) is 42.7 Å². The normalized spacial score (nSPS) is 21.2. The average molecular weight is 340 g/mol. The van der Waals surface area contributed by atoms with Gasteiger partial charge in [-0.1, -0.05) is 37.3 Å². The zero-order valence-electron chi connectivity index (χ0n) is 15.2. The molecule has 0 bridgehead atoms. The van der Waals surface area contributed by atoms with E-state index in [4.69, 9.17) is 0 Å². The minimum absolute atomic E-state index is 0.139. The number of carbonyl (C=O) groups is 1. The van der Waals surface area contributed by atoms with Crippen LogP contribution in [0.25, 0.3) is 0 Å². The van der Waals surface area contributed by atoms with Crippen LogP contribution in [0.2, 0.25) is 0 Å². The van der Waals surface area contributed by atoms with Gasteiger partial charge in [-0.3, -0.25) is 4.79 Å². The minimum Gasteiger partial charge on any atom is -0.348 e. The maximum atomic E-state index is 12.8. The Morgan fingerprint density at radius 2 is 2.12 bits per heavy atom. The number of nitrogens with one attached hydrogen (secondary N) is 1. The molecule has 5 nitrogen and oxygen atoms in total. The monoisotopic (exact) mass is 340 g/mol. The number of carbonyl (C=O) groups excluding carboxylic acids is 1. The van der Waals surface area contributed by atoms with E-state index in [9.17, 15) is 4.79 Å². The summed E-state index contributed by atoms with van der Waals surface area (Å²) in [5.41, 5.74) is 0.927. The summed E-state index contributed by atoms with van der Waals surface area (Å²) in [5, 5.41) is 3.12. The number of hydrogen-bond donors (Lipinski definition) is 1. The largest absolute Gasteiger partial charge is 0.348 e. The molecule has 5 heteroatoms. The van der Waals surface area contributed by atoms with Gasteiger partial charge in [-0.2, -0.15) is 0 Å². The second-order valence-electron chi connectivity index (χ2n) is 7.17. The Bertz CT molecular complexity index is 697. The van der Waals surface area contributed by atoms with E-state index < -0.39 is 0 Å². The molecular weight excluding hydrogens is 312 g/mol. The van der Waals surface area contributed by atoms with Gasteiger partial charge in [0, 0.05) is 25.5 Å². The van der Waals surface area contributed by atoms with Crippen molar-refractivity contribution in [2.24, 2.45) is 5.41 Å². The van der Waals surface area contributed by atoms with Crippen LogP contribution in [0.5, 0.6) is 0 Å². The van der Waals surface area contributed by atoms with E-state index in [1.165, 1.54) is 5.56 Å². The van der Waals surface area contributed by atoms with Gasteiger partial charge in [0.1, 0.15) is 5.82 Å². The van der Waals surface area contributed by atoms with Crippen LogP contribution in [0.4, 0.5) is 0 Å². The van der Waals surface area contributed by atoms with E-state index in [2.05, 4.69) is 45.7 Å². The highest BCUT2D eigenvalue weighted by Crippen LogP contribution is 2.29. The summed E-state index contributed by atoms with van der Waals surface area (Å²) in [6.45, 7) is 8.43. The van der Waals surface area contributed by atoms with Crippen LogP contribution >= 0.6 is 0 Å². The maximum Gasteiger partial charge on any atom is 0.227 e. The van der Waals surface area contributed by atoms with Gasteiger partial charge in [-0.05, 0) is 38.4 Å². The number of nitrogens with zero attached hydrogens (tertiary/aromatic N) is 3. The molecule has 1 N–H and O–H groups in total. The lowest BCUT2D eigenvalue weighted by atomic mass is 9.81. The first-order valence-electron chi connectivity index (χ1n) is 9.15. The number of rotatable bonds is 6. The molecule has 1 atom stereocenters. The van der Waals surface area contributed by atoms with Crippen molar-refractivity contribution in [3.63, 3.8) is 0 Å². The van der Waals surface area contributed by atoms with Gasteiger partial charge >= 0.3 is 0 Å². The molecular formula is C20H28N4O. The molecule has 3 rings (SSSR count). The summed E-state index contributed by atoms with van der Waals surface area (Å²) < 4.78 is 2.09. The summed E-state index contributed by atoms with van der Waals surface area (Å²) in [6.07, 6.45) is 5.80. The third kappa shape index (κ3) is 4.28. The molecule has 0 unspecified atom stereocenters. The molecule has 1 saturated heterocycles. The molecule has 1 aliphatic rings. The van der Waals surface area contributed by atoms with Gasteiger partial charge in [0.2, 0.25) is 5.91 Å². The van der Waals surface area contributed by atoms with Crippen molar-refractivity contribution in [3.05, 3.63) is 54.1 Å². The van der Waals surface area contributed by atoms with Gasteiger partial charge in [0.25, 0.3) is 0 Å². The Morgan fingerprint density at radius 1 is 1.32 bits per heavy atom. The fourth-order valence-corrected chi connectivity index (χ4v) is 3.60. The Balaban J connectivity index is 1.60. The maximum absolute atomic E-state index is 12.8. The van der Waals surface area contributed by atoms with Gasteiger partial charge in [0.15, 0.2) is 0 Å². The lowest BCUT2D eigenvalue weighted by Gasteiger charge is -2.38.